The molecule has 2 aliphatic heterocycles. The van der Waals surface area contributed by atoms with Gasteiger partial charge < -0.3 is 15.1 Å². The van der Waals surface area contributed by atoms with Gasteiger partial charge in [-0.15, -0.1) is 11.3 Å². The fraction of sp³-hybridized carbons (Fsp3) is 0.474. The number of amides is 1. The van der Waals surface area contributed by atoms with E-state index < -0.39 is 68.6 Å². The molecule has 0 aromatic carbocycles. The molecule has 0 radical (unpaired) electrons. The smallest absolute Gasteiger partial charge is 0.352 e. The minimum absolute atomic E-state index is 0.0289. The maximum Gasteiger partial charge on any atom is 0.352 e. The summed E-state index contributed by atoms with van der Waals surface area (Å²) >= 11 is 0.987. The number of imidazole rings is 1. The first-order chi connectivity index (χ1) is 17.2. The molecule has 0 unspecified atom stereocenters. The Labute approximate surface area is 215 Å². The molecule has 0 saturated carbocycles. The molecule has 37 heavy (non-hydrogen) atoms. The Bertz CT molecular complexity index is 1520. The summed E-state index contributed by atoms with van der Waals surface area (Å²) in [7, 11) is -7.17. The second-order valence-electron chi connectivity index (χ2n) is 8.49. The highest BCUT2D eigenvalue weighted by atomic mass is 32.3. The van der Waals surface area contributed by atoms with Crippen LogP contribution in [0.4, 0.5) is 0 Å². The molecule has 0 bridgehead atoms. The maximum atomic E-state index is 13.0. The van der Waals surface area contributed by atoms with Gasteiger partial charge in [0, 0.05) is 31.8 Å². The van der Waals surface area contributed by atoms with E-state index in [4.69, 9.17) is 0 Å². The average Bonchev–Trinajstić information content (AvgIpc) is 3.46. The Kier molecular flexibility index (Phi) is 6.81. The summed E-state index contributed by atoms with van der Waals surface area (Å²) in [6, 6.07) is -0.540. The number of fused-ring (bicyclic) bond motifs is 2. The van der Waals surface area contributed by atoms with Gasteiger partial charge in [-0.05, 0) is 6.92 Å². The quantitative estimate of drug-likeness (QED) is 0.189. The van der Waals surface area contributed by atoms with Gasteiger partial charge in [-0.2, -0.15) is 16.8 Å². The van der Waals surface area contributed by atoms with E-state index in [1.54, 1.807) is 6.92 Å². The summed E-state index contributed by atoms with van der Waals surface area (Å²) in [5.74, 6) is -3.93. The van der Waals surface area contributed by atoms with Gasteiger partial charge in [0.25, 0.3) is 20.4 Å². The number of carboxylic acid groups (broad SMARTS) is 1. The average molecular weight is 577 g/mol. The standard InChI is InChI=1S/C19H24N6O9S3/c1-8-12(16(19(29)30)25-15(8)13(9(2)26)17(25)28)11-6-23-7-22-14(18(23)35-11)10(27)5-24(36(31,32)20-3)37(33,34)21-4/h6-9,13,15,20-21,26H,5H2,1-4H3,(H,29,30)/t8-,9+,13+,15+/m0/s1. The van der Waals surface area contributed by atoms with Crippen LogP contribution in [-0.4, -0.2) is 95.5 Å². The maximum absolute atomic E-state index is 13.0. The number of thiazole rings is 1. The van der Waals surface area contributed by atoms with Crippen LogP contribution >= 0.6 is 11.3 Å². The number of Topliss-reactive ketones (excluding diaryl/α,β-unsaturated/α-hetero) is 1. The Morgan fingerprint density at radius 3 is 2.32 bits per heavy atom. The topological polar surface area (TPSA) is 208 Å². The van der Waals surface area contributed by atoms with Crippen LogP contribution < -0.4 is 9.44 Å². The van der Waals surface area contributed by atoms with Crippen molar-refractivity contribution in [1.29, 1.82) is 0 Å². The normalized spacial score (nSPS) is 23.0. The van der Waals surface area contributed by atoms with Gasteiger partial charge in [-0.25, -0.2) is 19.2 Å². The van der Waals surface area contributed by atoms with E-state index in [0.717, 1.165) is 25.4 Å². The molecule has 18 heteroatoms. The molecule has 4 atom stereocenters. The minimum atomic E-state index is -4.57. The van der Waals surface area contributed by atoms with E-state index in [-0.39, 0.29) is 19.9 Å². The first-order valence-corrected chi connectivity index (χ1v) is 14.5. The summed E-state index contributed by atoms with van der Waals surface area (Å²) in [4.78, 5) is 43.5. The number of nitrogens with zero attached hydrogens (tertiary/aromatic N) is 4. The second kappa shape index (κ2) is 9.22. The number of aliphatic hydroxyl groups excluding tert-OH is 1. The summed E-state index contributed by atoms with van der Waals surface area (Å²) in [5.41, 5.74) is -0.0856. The largest absolute Gasteiger partial charge is 0.477 e. The van der Waals surface area contributed by atoms with Crippen LogP contribution in [0.1, 0.15) is 29.2 Å². The van der Waals surface area contributed by atoms with Crippen molar-refractivity contribution >= 4 is 59.8 Å². The number of nitrogens with one attached hydrogen (secondary N) is 2. The third-order valence-corrected chi connectivity index (χ3v) is 11.1. The lowest BCUT2D eigenvalue weighted by Gasteiger charge is -2.46. The Morgan fingerprint density at radius 2 is 1.81 bits per heavy atom. The van der Waals surface area contributed by atoms with Gasteiger partial charge in [-0.1, -0.05) is 10.6 Å². The summed E-state index contributed by atoms with van der Waals surface area (Å²) in [6.07, 6.45) is 1.81. The van der Waals surface area contributed by atoms with E-state index in [1.807, 2.05) is 9.44 Å². The summed E-state index contributed by atoms with van der Waals surface area (Å²) in [5, 5.41) is 19.9. The number of aliphatic carboxylic acids is 1. The van der Waals surface area contributed by atoms with E-state index in [9.17, 15) is 41.4 Å². The Balaban J connectivity index is 1.74. The molecule has 2 aromatic rings. The molecule has 4 heterocycles. The molecule has 4 rings (SSSR count). The van der Waals surface area contributed by atoms with Crippen LogP contribution in [0.5, 0.6) is 0 Å². The molecule has 4 N–H and O–H groups in total. The number of β-lactam (4-membered cyclic amide) rings is 1. The SMILES string of the molecule is CNS(=O)(=O)N(CC(=O)c1ncn2cc(C3=C(C(=O)O)N4C(=O)[C@H]([C@@H](C)O)[C@H]4[C@H]3C)sc12)S(=O)(=O)NC. The molecule has 1 amide bonds. The lowest BCUT2D eigenvalue weighted by atomic mass is 9.77. The highest BCUT2D eigenvalue weighted by Crippen LogP contribution is 2.51. The van der Waals surface area contributed by atoms with Gasteiger partial charge in [0.05, 0.1) is 29.5 Å². The van der Waals surface area contributed by atoms with Crippen LogP contribution in [0.3, 0.4) is 0 Å². The van der Waals surface area contributed by atoms with Crippen molar-refractivity contribution in [2.75, 3.05) is 20.6 Å². The number of hydrogen-bond acceptors (Lipinski definition) is 10. The third-order valence-electron chi connectivity index (χ3n) is 6.44. The Hall–Kier alpha value is -2.74. The zero-order valence-corrected chi connectivity index (χ0v) is 22.4. The molecule has 2 aromatic heterocycles. The zero-order chi connectivity index (χ0) is 27.6. The zero-order valence-electron chi connectivity index (χ0n) is 19.9. The number of aromatic nitrogens is 2. The molecule has 0 spiro atoms. The van der Waals surface area contributed by atoms with Crippen molar-refractivity contribution in [3.8, 4) is 0 Å². The minimum Gasteiger partial charge on any atom is -0.477 e. The molecule has 1 saturated heterocycles. The fourth-order valence-corrected chi connectivity index (χ4v) is 8.40. The van der Waals surface area contributed by atoms with Crippen molar-refractivity contribution in [3.05, 3.63) is 28.8 Å². The van der Waals surface area contributed by atoms with Crippen molar-refractivity contribution in [3.63, 3.8) is 0 Å². The Morgan fingerprint density at radius 1 is 1.22 bits per heavy atom. The monoisotopic (exact) mass is 576 g/mol. The lowest BCUT2D eigenvalue weighted by Crippen LogP contribution is -2.63. The lowest BCUT2D eigenvalue weighted by molar-refractivity contribution is -0.163. The van der Waals surface area contributed by atoms with Crippen molar-refractivity contribution < 1.29 is 41.4 Å². The second-order valence-corrected chi connectivity index (χ2v) is 13.4. The van der Waals surface area contributed by atoms with E-state index in [0.29, 0.717) is 10.5 Å². The number of ketones is 1. The molecule has 2 aliphatic rings. The van der Waals surface area contributed by atoms with Crippen molar-refractivity contribution in [2.45, 2.75) is 26.0 Å². The van der Waals surface area contributed by atoms with Crippen LogP contribution in [0.2, 0.25) is 0 Å². The number of carbonyl (C=O) groups is 3. The van der Waals surface area contributed by atoms with Crippen LogP contribution in [0.15, 0.2) is 18.2 Å². The van der Waals surface area contributed by atoms with Crippen LogP contribution in [0.25, 0.3) is 10.4 Å². The van der Waals surface area contributed by atoms with Crippen molar-refractivity contribution in [2.24, 2.45) is 11.8 Å². The number of aliphatic hydroxyl groups is 1. The number of hydrogen-bond donors (Lipinski definition) is 4. The van der Waals surface area contributed by atoms with Gasteiger partial charge in [0.15, 0.2) is 0 Å². The summed E-state index contributed by atoms with van der Waals surface area (Å²) in [6.45, 7) is 2.13. The van der Waals surface area contributed by atoms with Gasteiger partial charge in [-0.3, -0.25) is 14.0 Å². The molecule has 1 fully saturated rings. The van der Waals surface area contributed by atoms with E-state index in [1.165, 1.54) is 28.7 Å². The predicted octanol–water partition coefficient (Wildman–Crippen LogP) is -1.54. The summed E-state index contributed by atoms with van der Waals surface area (Å²) < 4.78 is 54.2. The number of carbonyl (C=O) groups excluding carboxylic acids is 2. The molecular formula is C19H24N6O9S3. The first kappa shape index (κ1) is 27.3. The molecule has 202 valence electrons. The number of carboxylic acids is 1. The highest BCUT2D eigenvalue weighted by molar-refractivity contribution is 8.02. The van der Waals surface area contributed by atoms with E-state index in [2.05, 4.69) is 4.98 Å². The highest BCUT2D eigenvalue weighted by Gasteiger charge is 2.60. The first-order valence-electron chi connectivity index (χ1n) is 10.8. The number of rotatable bonds is 10. The molecular weight excluding hydrogens is 552 g/mol. The third kappa shape index (κ3) is 4.17. The van der Waals surface area contributed by atoms with Gasteiger partial charge >= 0.3 is 5.97 Å². The van der Waals surface area contributed by atoms with E-state index >= 15 is 0 Å². The fourth-order valence-electron chi connectivity index (χ4n) is 4.70. The van der Waals surface area contributed by atoms with Crippen LogP contribution in [-0.2, 0) is 30.0 Å². The van der Waals surface area contributed by atoms with Crippen LogP contribution in [0, 0.1) is 11.8 Å². The molecule has 0 aliphatic carbocycles. The molecule has 15 nitrogen and oxygen atoms in total. The predicted molar refractivity (Wildman–Crippen MR) is 130 cm³/mol. The van der Waals surface area contributed by atoms with Gasteiger partial charge in [0.2, 0.25) is 11.7 Å². The van der Waals surface area contributed by atoms with Gasteiger partial charge in [0.1, 0.15) is 22.5 Å². The van der Waals surface area contributed by atoms with Crippen molar-refractivity contribution in [1.82, 2.24) is 27.4 Å².